The largest absolute Gasteiger partial charge is 0.506 e. The molecule has 0 saturated heterocycles. The molecule has 22 heavy (non-hydrogen) atoms. The van der Waals surface area contributed by atoms with Crippen molar-refractivity contribution in [2.24, 2.45) is 0 Å². The van der Waals surface area contributed by atoms with E-state index >= 15 is 0 Å². The number of hydrogen-bond donors (Lipinski definition) is 4. The Morgan fingerprint density at radius 1 is 0.955 bits per heavy atom. The number of nitrogens with one attached hydrogen (secondary N) is 3. The molecule has 0 atom stereocenters. The standard InChI is InChI=1S/C16H17N3O3/c1-10-6-7-14(15(21)8-10)19-16(22)18-13-5-3-4-12(9-13)17-11(2)20/h3-9,21H,1-2H3,(H,17,20)(H2,18,19,22). The van der Waals surface area contributed by atoms with Gasteiger partial charge in [-0.05, 0) is 42.8 Å². The van der Waals surface area contributed by atoms with Crippen LogP contribution in [0.25, 0.3) is 0 Å². The number of aryl methyl sites for hydroxylation is 1. The van der Waals surface area contributed by atoms with Crippen LogP contribution in [0.3, 0.4) is 0 Å². The number of anilines is 3. The van der Waals surface area contributed by atoms with E-state index in [0.29, 0.717) is 17.1 Å². The molecule has 0 saturated carbocycles. The normalized spacial score (nSPS) is 9.91. The number of rotatable bonds is 3. The van der Waals surface area contributed by atoms with E-state index < -0.39 is 6.03 Å². The van der Waals surface area contributed by atoms with Gasteiger partial charge in [0.05, 0.1) is 5.69 Å². The summed E-state index contributed by atoms with van der Waals surface area (Å²) in [6.45, 7) is 3.25. The number of carbonyl (C=O) groups excluding carboxylic acids is 2. The van der Waals surface area contributed by atoms with Crippen molar-refractivity contribution < 1.29 is 14.7 Å². The molecule has 0 aliphatic heterocycles. The summed E-state index contributed by atoms with van der Waals surface area (Å²) in [5.41, 5.74) is 2.33. The molecule has 0 radical (unpaired) electrons. The Kier molecular flexibility index (Phi) is 4.63. The fraction of sp³-hybridized carbons (Fsp3) is 0.125. The highest BCUT2D eigenvalue weighted by atomic mass is 16.3. The van der Waals surface area contributed by atoms with Crippen molar-refractivity contribution in [3.05, 3.63) is 48.0 Å². The highest BCUT2D eigenvalue weighted by Gasteiger charge is 2.07. The predicted molar refractivity (Wildman–Crippen MR) is 86.2 cm³/mol. The molecule has 0 spiro atoms. The lowest BCUT2D eigenvalue weighted by Gasteiger charge is -2.10. The first-order chi connectivity index (χ1) is 10.4. The smallest absolute Gasteiger partial charge is 0.323 e. The minimum absolute atomic E-state index is 0.00199. The molecule has 4 N–H and O–H groups in total. The molecule has 2 aromatic rings. The number of hydrogen-bond acceptors (Lipinski definition) is 3. The van der Waals surface area contributed by atoms with Crippen molar-refractivity contribution in [1.29, 1.82) is 0 Å². The lowest BCUT2D eigenvalue weighted by atomic mass is 10.2. The second-order valence-electron chi connectivity index (χ2n) is 4.86. The molecule has 0 aliphatic rings. The monoisotopic (exact) mass is 299 g/mol. The Bertz CT molecular complexity index is 714. The maximum atomic E-state index is 11.9. The molecule has 0 fully saturated rings. The van der Waals surface area contributed by atoms with Gasteiger partial charge in [0, 0.05) is 18.3 Å². The molecule has 114 valence electrons. The molecule has 0 unspecified atom stereocenters. The predicted octanol–water partition coefficient (Wildman–Crippen LogP) is 3.30. The molecule has 0 aromatic heterocycles. The van der Waals surface area contributed by atoms with E-state index in [2.05, 4.69) is 16.0 Å². The van der Waals surface area contributed by atoms with Crippen molar-refractivity contribution in [1.82, 2.24) is 0 Å². The lowest BCUT2D eigenvalue weighted by molar-refractivity contribution is -0.114. The van der Waals surface area contributed by atoms with Crippen LogP contribution in [0.1, 0.15) is 12.5 Å². The van der Waals surface area contributed by atoms with E-state index in [9.17, 15) is 14.7 Å². The number of phenolic OH excluding ortho intramolecular Hbond substituents is 1. The summed E-state index contributed by atoms with van der Waals surface area (Å²) in [5.74, 6) is -0.187. The van der Waals surface area contributed by atoms with Crippen LogP contribution >= 0.6 is 0 Å². The van der Waals surface area contributed by atoms with Crippen LogP contribution in [0.4, 0.5) is 21.9 Å². The second-order valence-corrected chi connectivity index (χ2v) is 4.86. The zero-order valence-electron chi connectivity index (χ0n) is 12.3. The average molecular weight is 299 g/mol. The van der Waals surface area contributed by atoms with Gasteiger partial charge in [-0.1, -0.05) is 12.1 Å². The zero-order chi connectivity index (χ0) is 16.1. The first-order valence-corrected chi connectivity index (χ1v) is 6.69. The Morgan fingerprint density at radius 2 is 1.64 bits per heavy atom. The van der Waals surface area contributed by atoms with Gasteiger partial charge in [-0.3, -0.25) is 4.79 Å². The number of amides is 3. The van der Waals surface area contributed by atoms with E-state index in [1.807, 2.05) is 6.92 Å². The zero-order valence-corrected chi connectivity index (χ0v) is 12.3. The van der Waals surface area contributed by atoms with Crippen molar-refractivity contribution >= 4 is 29.0 Å². The third-order valence-electron chi connectivity index (χ3n) is 2.84. The average Bonchev–Trinajstić information content (AvgIpc) is 2.41. The van der Waals surface area contributed by atoms with Crippen LogP contribution in [0, 0.1) is 6.92 Å². The summed E-state index contributed by atoms with van der Waals surface area (Å²) in [6, 6.07) is 11.2. The molecule has 2 rings (SSSR count). The Labute approximate surface area is 128 Å². The van der Waals surface area contributed by atoms with Crippen LogP contribution in [-0.4, -0.2) is 17.0 Å². The first-order valence-electron chi connectivity index (χ1n) is 6.69. The van der Waals surface area contributed by atoms with E-state index in [0.717, 1.165) is 5.56 Å². The summed E-state index contributed by atoms with van der Waals surface area (Å²) in [4.78, 5) is 22.9. The van der Waals surface area contributed by atoms with Crippen LogP contribution in [-0.2, 0) is 4.79 Å². The summed E-state index contributed by atoms with van der Waals surface area (Å²) in [6.07, 6.45) is 0. The van der Waals surface area contributed by atoms with Crippen molar-refractivity contribution in [3.8, 4) is 5.75 Å². The van der Waals surface area contributed by atoms with Crippen molar-refractivity contribution in [2.75, 3.05) is 16.0 Å². The minimum atomic E-state index is -0.487. The molecule has 0 heterocycles. The molecular formula is C16H17N3O3. The van der Waals surface area contributed by atoms with Gasteiger partial charge in [0.1, 0.15) is 5.75 Å². The van der Waals surface area contributed by atoms with Crippen LogP contribution in [0.15, 0.2) is 42.5 Å². The van der Waals surface area contributed by atoms with E-state index in [-0.39, 0.29) is 11.7 Å². The molecular weight excluding hydrogens is 282 g/mol. The van der Waals surface area contributed by atoms with Crippen LogP contribution in [0.5, 0.6) is 5.75 Å². The summed E-state index contributed by atoms with van der Waals surface area (Å²) >= 11 is 0. The number of urea groups is 1. The molecule has 6 heteroatoms. The van der Waals surface area contributed by atoms with Gasteiger partial charge >= 0.3 is 6.03 Å². The van der Waals surface area contributed by atoms with Gasteiger partial charge in [-0.15, -0.1) is 0 Å². The number of aromatic hydroxyl groups is 1. The van der Waals surface area contributed by atoms with Crippen molar-refractivity contribution in [2.45, 2.75) is 13.8 Å². The van der Waals surface area contributed by atoms with Gasteiger partial charge in [-0.2, -0.15) is 0 Å². The van der Waals surface area contributed by atoms with Gasteiger partial charge < -0.3 is 21.1 Å². The van der Waals surface area contributed by atoms with Gasteiger partial charge in [0.25, 0.3) is 0 Å². The van der Waals surface area contributed by atoms with Crippen LogP contribution in [0.2, 0.25) is 0 Å². The molecule has 0 bridgehead atoms. The van der Waals surface area contributed by atoms with E-state index in [4.69, 9.17) is 0 Å². The third-order valence-corrected chi connectivity index (χ3v) is 2.84. The summed E-state index contributed by atoms with van der Waals surface area (Å²) < 4.78 is 0. The Hall–Kier alpha value is -3.02. The van der Waals surface area contributed by atoms with Gasteiger partial charge in [-0.25, -0.2) is 4.79 Å². The molecule has 2 aromatic carbocycles. The Morgan fingerprint density at radius 3 is 2.27 bits per heavy atom. The topological polar surface area (TPSA) is 90.5 Å². The SMILES string of the molecule is CC(=O)Nc1cccc(NC(=O)Nc2ccc(C)cc2O)c1. The Balaban J connectivity index is 2.04. The van der Waals surface area contributed by atoms with Crippen LogP contribution < -0.4 is 16.0 Å². The molecule has 0 aliphatic carbocycles. The third kappa shape index (κ3) is 4.24. The van der Waals surface area contributed by atoms with Gasteiger partial charge in [0.15, 0.2) is 0 Å². The molecule has 3 amide bonds. The number of benzene rings is 2. The van der Waals surface area contributed by atoms with E-state index in [1.165, 1.54) is 6.92 Å². The summed E-state index contributed by atoms with van der Waals surface area (Å²) in [5, 5.41) is 17.6. The first kappa shape index (κ1) is 15.4. The minimum Gasteiger partial charge on any atom is -0.506 e. The quantitative estimate of drug-likeness (QED) is 0.655. The van der Waals surface area contributed by atoms with E-state index in [1.54, 1.807) is 42.5 Å². The fourth-order valence-corrected chi connectivity index (χ4v) is 1.91. The lowest BCUT2D eigenvalue weighted by Crippen LogP contribution is -2.19. The van der Waals surface area contributed by atoms with Crippen molar-refractivity contribution in [3.63, 3.8) is 0 Å². The fourth-order valence-electron chi connectivity index (χ4n) is 1.91. The highest BCUT2D eigenvalue weighted by Crippen LogP contribution is 2.24. The number of carbonyl (C=O) groups is 2. The second kappa shape index (κ2) is 6.62. The summed E-state index contributed by atoms with van der Waals surface area (Å²) in [7, 11) is 0. The number of phenols is 1. The molecule has 6 nitrogen and oxygen atoms in total. The highest BCUT2D eigenvalue weighted by molar-refractivity contribution is 6.01. The van der Waals surface area contributed by atoms with Gasteiger partial charge in [0.2, 0.25) is 5.91 Å². The maximum Gasteiger partial charge on any atom is 0.323 e. The maximum absolute atomic E-state index is 11.9.